The molecule has 0 aliphatic carbocycles. The molecular weight excluding hydrogens is 394 g/mol. The summed E-state index contributed by atoms with van der Waals surface area (Å²) < 4.78 is 2.44. The average molecular weight is 408 g/mol. The van der Waals surface area contributed by atoms with E-state index in [1.165, 1.54) is 10.6 Å². The Morgan fingerprint density at radius 3 is 2.54 bits per heavy atom. The molecule has 0 fully saturated rings. The number of nitrogens with zero attached hydrogens (tertiary/aromatic N) is 2. The highest BCUT2D eigenvalue weighted by Crippen LogP contribution is 2.14. The highest BCUT2D eigenvalue weighted by Gasteiger charge is 2.14. The van der Waals surface area contributed by atoms with E-state index < -0.39 is 5.91 Å². The molecule has 0 saturated heterocycles. The third kappa shape index (κ3) is 3.90. The first-order valence-corrected chi connectivity index (χ1v) is 8.62. The second-order valence-electron chi connectivity index (χ2n) is 5.59. The average Bonchev–Trinajstić information content (AvgIpc) is 2.65. The first-order valence-electron chi connectivity index (χ1n) is 7.83. The van der Waals surface area contributed by atoms with Crippen LogP contribution in [0.2, 0.25) is 0 Å². The molecule has 128 valence electrons. The van der Waals surface area contributed by atoms with Gasteiger partial charge in [-0.3, -0.25) is 9.59 Å². The third-order valence-electron chi connectivity index (χ3n) is 3.83. The summed E-state index contributed by atoms with van der Waals surface area (Å²) in [5, 5.41) is 11.7. The number of hydrogen-bond acceptors (Lipinski definition) is 3. The van der Waals surface area contributed by atoms with Crippen molar-refractivity contribution in [1.29, 1.82) is 5.26 Å². The van der Waals surface area contributed by atoms with Crippen molar-refractivity contribution in [2.45, 2.75) is 6.54 Å². The molecule has 0 unspecified atom stereocenters. The molecule has 0 radical (unpaired) electrons. The lowest BCUT2D eigenvalue weighted by molar-refractivity contribution is 0.102. The quantitative estimate of drug-likeness (QED) is 0.714. The number of carbonyl (C=O) groups is 1. The van der Waals surface area contributed by atoms with E-state index in [1.54, 1.807) is 36.5 Å². The van der Waals surface area contributed by atoms with Crippen molar-refractivity contribution < 1.29 is 4.79 Å². The number of halogens is 1. The second-order valence-corrected chi connectivity index (χ2v) is 6.51. The first-order chi connectivity index (χ1) is 12.6. The Hall–Kier alpha value is -3.17. The second kappa shape index (κ2) is 7.81. The molecule has 0 bridgehead atoms. The van der Waals surface area contributed by atoms with Gasteiger partial charge in [0.15, 0.2) is 0 Å². The van der Waals surface area contributed by atoms with Gasteiger partial charge in [-0.15, -0.1) is 0 Å². The minimum atomic E-state index is -0.539. The zero-order chi connectivity index (χ0) is 18.5. The number of pyridine rings is 1. The zero-order valence-corrected chi connectivity index (χ0v) is 15.2. The Kier molecular flexibility index (Phi) is 5.30. The van der Waals surface area contributed by atoms with Crippen LogP contribution in [0.3, 0.4) is 0 Å². The summed E-state index contributed by atoms with van der Waals surface area (Å²) in [6.45, 7) is 0.363. The van der Waals surface area contributed by atoms with Gasteiger partial charge < -0.3 is 9.88 Å². The van der Waals surface area contributed by atoms with E-state index in [0.29, 0.717) is 17.8 Å². The number of carbonyl (C=O) groups excluding carboxylic acids is 1. The fourth-order valence-corrected chi connectivity index (χ4v) is 2.76. The number of nitrogens with one attached hydrogen (secondary N) is 1. The molecule has 0 aliphatic rings. The fourth-order valence-electron chi connectivity index (χ4n) is 2.50. The molecule has 5 nitrogen and oxygen atoms in total. The SMILES string of the molecule is N#Cc1ccccc1NC(=O)c1cccn(Cc2ccc(Br)cc2)c1=O. The molecule has 2 aromatic carbocycles. The van der Waals surface area contributed by atoms with Gasteiger partial charge in [0.05, 0.1) is 17.8 Å². The summed E-state index contributed by atoms with van der Waals surface area (Å²) in [6.07, 6.45) is 1.64. The van der Waals surface area contributed by atoms with Crippen LogP contribution in [-0.2, 0) is 6.54 Å². The predicted octanol–water partition coefficient (Wildman–Crippen LogP) is 3.78. The lowest BCUT2D eigenvalue weighted by Gasteiger charge is -2.10. The minimum absolute atomic E-state index is 0.0253. The van der Waals surface area contributed by atoms with Gasteiger partial charge >= 0.3 is 0 Å². The summed E-state index contributed by atoms with van der Waals surface area (Å²) in [7, 11) is 0. The standard InChI is InChI=1S/C20H14BrN3O2/c21-16-9-7-14(8-10-16)13-24-11-3-5-17(20(24)26)19(25)23-18-6-2-1-4-15(18)12-22/h1-11H,13H2,(H,23,25). The maximum Gasteiger partial charge on any atom is 0.263 e. The van der Waals surface area contributed by atoms with Crippen LogP contribution in [-0.4, -0.2) is 10.5 Å². The number of hydrogen-bond donors (Lipinski definition) is 1. The summed E-state index contributed by atoms with van der Waals surface area (Å²) in [6, 6.07) is 19.4. The topological polar surface area (TPSA) is 74.9 Å². The molecule has 1 aromatic heterocycles. The van der Waals surface area contributed by atoms with Gasteiger partial charge in [-0.25, -0.2) is 0 Å². The lowest BCUT2D eigenvalue weighted by atomic mass is 10.1. The van der Waals surface area contributed by atoms with Gasteiger partial charge in [-0.1, -0.05) is 40.2 Å². The largest absolute Gasteiger partial charge is 0.321 e. The number of para-hydroxylation sites is 1. The Balaban J connectivity index is 1.87. The molecule has 0 atom stereocenters. The molecule has 0 saturated carbocycles. The molecule has 3 rings (SSSR count). The van der Waals surface area contributed by atoms with E-state index in [9.17, 15) is 9.59 Å². The van der Waals surface area contributed by atoms with Crippen LogP contribution >= 0.6 is 15.9 Å². The normalized spacial score (nSPS) is 10.2. The summed E-state index contributed by atoms with van der Waals surface area (Å²) in [5.74, 6) is -0.539. The summed E-state index contributed by atoms with van der Waals surface area (Å²) >= 11 is 3.37. The Bertz CT molecular complexity index is 1050. The van der Waals surface area contributed by atoms with Gasteiger partial charge in [0.1, 0.15) is 11.6 Å². The number of amides is 1. The van der Waals surface area contributed by atoms with E-state index in [4.69, 9.17) is 5.26 Å². The zero-order valence-electron chi connectivity index (χ0n) is 13.6. The van der Waals surface area contributed by atoms with Gasteiger partial charge in [0, 0.05) is 10.7 Å². The van der Waals surface area contributed by atoms with Crippen LogP contribution in [0.5, 0.6) is 0 Å². The molecule has 0 aliphatic heterocycles. The van der Waals surface area contributed by atoms with Crippen LogP contribution < -0.4 is 10.9 Å². The van der Waals surface area contributed by atoms with Crippen molar-refractivity contribution >= 4 is 27.5 Å². The lowest BCUT2D eigenvalue weighted by Crippen LogP contribution is -2.29. The van der Waals surface area contributed by atoms with Crippen molar-refractivity contribution in [3.63, 3.8) is 0 Å². The fraction of sp³-hybridized carbons (Fsp3) is 0.0500. The highest BCUT2D eigenvalue weighted by molar-refractivity contribution is 9.10. The van der Waals surface area contributed by atoms with Gasteiger partial charge in [0.25, 0.3) is 11.5 Å². The van der Waals surface area contributed by atoms with E-state index >= 15 is 0 Å². The number of aromatic nitrogens is 1. The molecule has 1 amide bonds. The van der Waals surface area contributed by atoms with Crippen LogP contribution in [0.4, 0.5) is 5.69 Å². The van der Waals surface area contributed by atoms with Crippen LogP contribution in [0.25, 0.3) is 0 Å². The molecule has 3 aromatic rings. The van der Waals surface area contributed by atoms with Gasteiger partial charge in [0.2, 0.25) is 0 Å². The van der Waals surface area contributed by atoms with Gasteiger partial charge in [-0.05, 0) is 42.0 Å². The molecule has 26 heavy (non-hydrogen) atoms. The summed E-state index contributed by atoms with van der Waals surface area (Å²) in [4.78, 5) is 25.2. The Morgan fingerprint density at radius 2 is 1.81 bits per heavy atom. The first kappa shape index (κ1) is 17.6. The molecule has 0 spiro atoms. The number of benzene rings is 2. The van der Waals surface area contributed by atoms with Crippen LogP contribution in [0.1, 0.15) is 21.5 Å². The number of rotatable bonds is 4. The monoisotopic (exact) mass is 407 g/mol. The van der Waals surface area contributed by atoms with E-state index in [0.717, 1.165) is 10.0 Å². The Morgan fingerprint density at radius 1 is 1.08 bits per heavy atom. The molecular formula is C20H14BrN3O2. The van der Waals surface area contributed by atoms with E-state index in [2.05, 4.69) is 21.2 Å². The van der Waals surface area contributed by atoms with Gasteiger partial charge in [-0.2, -0.15) is 5.26 Å². The molecule has 6 heteroatoms. The van der Waals surface area contributed by atoms with Crippen LogP contribution in [0, 0.1) is 11.3 Å². The smallest absolute Gasteiger partial charge is 0.263 e. The molecule has 1 N–H and O–H groups in total. The third-order valence-corrected chi connectivity index (χ3v) is 4.36. The predicted molar refractivity (Wildman–Crippen MR) is 103 cm³/mol. The van der Waals surface area contributed by atoms with Crippen molar-refractivity contribution in [1.82, 2.24) is 4.57 Å². The maximum atomic E-state index is 12.7. The van der Waals surface area contributed by atoms with E-state index in [-0.39, 0.29) is 11.1 Å². The molecule has 1 heterocycles. The highest BCUT2D eigenvalue weighted by atomic mass is 79.9. The maximum absolute atomic E-state index is 12.7. The number of nitriles is 1. The minimum Gasteiger partial charge on any atom is -0.321 e. The van der Waals surface area contributed by atoms with Crippen molar-refractivity contribution in [2.24, 2.45) is 0 Å². The van der Waals surface area contributed by atoms with Crippen LogP contribution in [0.15, 0.2) is 76.1 Å². The number of anilines is 1. The van der Waals surface area contributed by atoms with Crippen molar-refractivity contribution in [3.05, 3.63) is 98.4 Å². The summed E-state index contributed by atoms with van der Waals surface area (Å²) in [5.41, 5.74) is 1.30. The Labute approximate surface area is 158 Å². The van der Waals surface area contributed by atoms with Crippen molar-refractivity contribution in [2.75, 3.05) is 5.32 Å². The van der Waals surface area contributed by atoms with E-state index in [1.807, 2.05) is 30.3 Å². The van der Waals surface area contributed by atoms with Crippen molar-refractivity contribution in [3.8, 4) is 6.07 Å².